The average molecular weight is 321 g/mol. The molecule has 0 heterocycles. The third-order valence-electron chi connectivity index (χ3n) is 3.94. The molecule has 3 aromatic rings. The number of carbonyl (C=O) groups is 1. The van der Waals surface area contributed by atoms with Crippen LogP contribution in [0.2, 0.25) is 0 Å². The van der Waals surface area contributed by atoms with Crippen molar-refractivity contribution in [3.8, 4) is 22.3 Å². The fourth-order valence-electron chi connectivity index (χ4n) is 3.07. The third-order valence-corrected chi connectivity index (χ3v) is 3.94. The van der Waals surface area contributed by atoms with Gasteiger partial charge in [0.2, 0.25) is 0 Å². The summed E-state index contributed by atoms with van der Waals surface area (Å²) in [5.74, 6) is -0.990. The molecule has 1 aliphatic rings. The molecule has 0 aromatic heterocycles. The first-order chi connectivity index (χ1) is 11.7. The number of anilines is 1. The molecule has 3 heteroatoms. The molecule has 124 valence electrons. The van der Waals surface area contributed by atoms with Crippen LogP contribution in [0.5, 0.6) is 0 Å². The lowest BCUT2D eigenvalue weighted by molar-refractivity contribution is 0.0698. The quantitative estimate of drug-likeness (QED) is 0.434. The number of nitrogen functional groups attached to an aromatic ring is 1. The molecule has 3 N–H and O–H groups in total. The van der Waals surface area contributed by atoms with Crippen LogP contribution in [-0.2, 0) is 0 Å². The minimum atomic E-state index is -0.990. The summed E-state index contributed by atoms with van der Waals surface area (Å²) in [7, 11) is 0. The Morgan fingerprint density at radius 1 is 0.833 bits per heavy atom. The second-order valence-electron chi connectivity index (χ2n) is 4.96. The van der Waals surface area contributed by atoms with Crippen LogP contribution in [0.1, 0.15) is 38.1 Å². The van der Waals surface area contributed by atoms with E-state index in [1.807, 2.05) is 58.0 Å². The predicted octanol–water partition coefficient (Wildman–Crippen LogP) is 5.82. The molecule has 0 bridgehead atoms. The van der Waals surface area contributed by atoms with Crippen LogP contribution in [0.4, 0.5) is 5.69 Å². The molecular weight excluding hydrogens is 298 g/mol. The van der Waals surface area contributed by atoms with E-state index in [0.717, 1.165) is 33.0 Å². The molecule has 0 radical (unpaired) electrons. The Morgan fingerprint density at radius 3 is 1.96 bits per heavy atom. The highest BCUT2D eigenvalue weighted by molar-refractivity contribution is 6.21. The smallest absolute Gasteiger partial charge is 0.337 e. The van der Waals surface area contributed by atoms with Crippen molar-refractivity contribution in [1.29, 1.82) is 0 Å². The van der Waals surface area contributed by atoms with E-state index in [0.29, 0.717) is 5.69 Å². The van der Waals surface area contributed by atoms with Crippen molar-refractivity contribution in [3.63, 3.8) is 0 Å². The van der Waals surface area contributed by atoms with Crippen molar-refractivity contribution >= 4 is 22.4 Å². The van der Waals surface area contributed by atoms with Gasteiger partial charge in [0.05, 0.1) is 11.3 Å². The standard InChI is InChI=1S/C17H11NO2.2C2H6/c18-16-12-7-3-6-11-9-4-1-2-5-10(9)13(15(11)12)8-14(16)17(19)20;2*1-2/h1-8H,18H2,(H,19,20);2*1-2H3. The van der Waals surface area contributed by atoms with Crippen LogP contribution in [0.3, 0.4) is 0 Å². The minimum absolute atomic E-state index is 0.168. The normalized spacial score (nSPS) is 10.2. The van der Waals surface area contributed by atoms with Gasteiger partial charge in [0, 0.05) is 5.39 Å². The van der Waals surface area contributed by atoms with Gasteiger partial charge < -0.3 is 10.8 Å². The molecule has 0 fully saturated rings. The molecular formula is C21H23NO2. The highest BCUT2D eigenvalue weighted by Crippen LogP contribution is 2.49. The summed E-state index contributed by atoms with van der Waals surface area (Å²) in [6.45, 7) is 8.00. The number of hydrogen-bond donors (Lipinski definition) is 2. The number of carboxylic acids is 1. The van der Waals surface area contributed by atoms with Crippen molar-refractivity contribution in [3.05, 3.63) is 54.1 Å². The van der Waals surface area contributed by atoms with E-state index >= 15 is 0 Å². The number of carboxylic acid groups (broad SMARTS) is 1. The van der Waals surface area contributed by atoms with Crippen molar-refractivity contribution in [2.75, 3.05) is 5.73 Å². The lowest BCUT2D eigenvalue weighted by Crippen LogP contribution is -2.03. The minimum Gasteiger partial charge on any atom is -0.478 e. The highest BCUT2D eigenvalue weighted by atomic mass is 16.4. The molecule has 0 saturated heterocycles. The first-order valence-electron chi connectivity index (χ1n) is 8.37. The van der Waals surface area contributed by atoms with E-state index in [-0.39, 0.29) is 5.56 Å². The van der Waals surface area contributed by atoms with E-state index in [1.165, 1.54) is 0 Å². The van der Waals surface area contributed by atoms with Crippen molar-refractivity contribution in [2.45, 2.75) is 27.7 Å². The molecule has 0 atom stereocenters. The zero-order chi connectivity index (χ0) is 17.9. The monoisotopic (exact) mass is 321 g/mol. The van der Waals surface area contributed by atoms with E-state index in [1.54, 1.807) is 6.07 Å². The third kappa shape index (κ3) is 2.52. The predicted molar refractivity (Wildman–Crippen MR) is 102 cm³/mol. The van der Waals surface area contributed by atoms with Gasteiger partial charge in [0.15, 0.2) is 0 Å². The Bertz CT molecular complexity index is 898. The van der Waals surface area contributed by atoms with Crippen molar-refractivity contribution in [2.24, 2.45) is 0 Å². The Hall–Kier alpha value is -2.81. The topological polar surface area (TPSA) is 63.3 Å². The molecule has 4 rings (SSSR count). The molecule has 3 nitrogen and oxygen atoms in total. The number of fused-ring (bicyclic) bond motifs is 3. The zero-order valence-corrected chi connectivity index (χ0v) is 14.6. The number of hydrogen-bond acceptors (Lipinski definition) is 2. The average Bonchev–Trinajstić information content (AvgIpc) is 2.96. The van der Waals surface area contributed by atoms with Crippen molar-refractivity contribution < 1.29 is 9.90 Å². The SMILES string of the molecule is CC.CC.Nc1c(C(=O)O)cc2c3c(cccc13)-c1ccccc1-2. The molecule has 0 unspecified atom stereocenters. The Kier molecular flexibility index (Phi) is 5.24. The van der Waals surface area contributed by atoms with Gasteiger partial charge in [-0.3, -0.25) is 0 Å². The molecule has 3 aromatic carbocycles. The number of rotatable bonds is 1. The molecule has 1 aliphatic carbocycles. The fourth-order valence-corrected chi connectivity index (χ4v) is 3.07. The Labute approximate surface area is 142 Å². The van der Waals surface area contributed by atoms with Crippen molar-refractivity contribution in [1.82, 2.24) is 0 Å². The van der Waals surface area contributed by atoms with Gasteiger partial charge in [-0.2, -0.15) is 0 Å². The summed E-state index contributed by atoms with van der Waals surface area (Å²) in [5, 5.41) is 11.2. The second-order valence-corrected chi connectivity index (χ2v) is 4.96. The summed E-state index contributed by atoms with van der Waals surface area (Å²) in [5.41, 5.74) is 10.8. The maximum absolute atomic E-state index is 11.4. The largest absolute Gasteiger partial charge is 0.478 e. The van der Waals surface area contributed by atoms with Crippen LogP contribution in [0.15, 0.2) is 48.5 Å². The lowest BCUT2D eigenvalue weighted by Gasteiger charge is -2.09. The first kappa shape index (κ1) is 17.5. The van der Waals surface area contributed by atoms with Gasteiger partial charge >= 0.3 is 5.97 Å². The van der Waals surface area contributed by atoms with Gasteiger partial charge in [0.25, 0.3) is 0 Å². The Balaban J connectivity index is 0.000000487. The van der Waals surface area contributed by atoms with E-state index in [2.05, 4.69) is 12.1 Å². The molecule has 24 heavy (non-hydrogen) atoms. The van der Waals surface area contributed by atoms with E-state index < -0.39 is 5.97 Å². The van der Waals surface area contributed by atoms with E-state index in [9.17, 15) is 9.90 Å². The lowest BCUT2D eigenvalue weighted by atomic mass is 9.98. The first-order valence-corrected chi connectivity index (χ1v) is 8.37. The van der Waals surface area contributed by atoms with Gasteiger partial charge in [-0.25, -0.2) is 4.79 Å². The van der Waals surface area contributed by atoms with Crippen LogP contribution < -0.4 is 5.73 Å². The maximum Gasteiger partial charge on any atom is 0.337 e. The molecule has 0 amide bonds. The zero-order valence-electron chi connectivity index (χ0n) is 14.6. The van der Waals surface area contributed by atoms with Crippen LogP contribution in [0, 0.1) is 0 Å². The maximum atomic E-state index is 11.4. The van der Waals surface area contributed by atoms with E-state index in [4.69, 9.17) is 5.73 Å². The highest BCUT2D eigenvalue weighted by Gasteiger charge is 2.24. The summed E-state index contributed by atoms with van der Waals surface area (Å²) < 4.78 is 0. The number of benzene rings is 3. The summed E-state index contributed by atoms with van der Waals surface area (Å²) >= 11 is 0. The van der Waals surface area contributed by atoms with Crippen LogP contribution in [0.25, 0.3) is 33.0 Å². The summed E-state index contributed by atoms with van der Waals surface area (Å²) in [6, 6.07) is 15.6. The van der Waals surface area contributed by atoms with Gasteiger partial charge in [-0.1, -0.05) is 70.2 Å². The number of aromatic carboxylic acids is 1. The second kappa shape index (κ2) is 7.18. The number of nitrogens with two attached hydrogens (primary N) is 1. The van der Waals surface area contributed by atoms with Gasteiger partial charge in [-0.15, -0.1) is 0 Å². The Morgan fingerprint density at radius 2 is 1.38 bits per heavy atom. The molecule has 0 spiro atoms. The molecule has 0 aliphatic heterocycles. The van der Waals surface area contributed by atoms with Crippen LogP contribution in [-0.4, -0.2) is 11.1 Å². The van der Waals surface area contributed by atoms with Gasteiger partial charge in [-0.05, 0) is 33.7 Å². The summed E-state index contributed by atoms with van der Waals surface area (Å²) in [4.78, 5) is 11.4. The fraction of sp³-hybridized carbons (Fsp3) is 0.190. The van der Waals surface area contributed by atoms with Crippen LogP contribution >= 0.6 is 0 Å². The van der Waals surface area contributed by atoms with Gasteiger partial charge in [0.1, 0.15) is 0 Å². The molecule has 0 saturated carbocycles. The summed E-state index contributed by atoms with van der Waals surface area (Å²) in [6.07, 6.45) is 0.